The van der Waals surface area contributed by atoms with Crippen LogP contribution in [0.15, 0.2) is 54.7 Å². The number of carbonyl (C=O) groups excluding carboxylic acids is 2. The van der Waals surface area contributed by atoms with Crippen LogP contribution in [0.2, 0.25) is 0 Å². The number of alkyl halides is 3. The van der Waals surface area contributed by atoms with Gasteiger partial charge in [0.2, 0.25) is 0 Å². The third-order valence-electron chi connectivity index (χ3n) is 4.16. The molecule has 2 aromatic carbocycles. The van der Waals surface area contributed by atoms with Gasteiger partial charge in [-0.05, 0) is 36.4 Å². The van der Waals surface area contributed by atoms with Gasteiger partial charge in [0.05, 0.1) is 16.9 Å². The van der Waals surface area contributed by atoms with E-state index in [1.807, 2.05) is 5.32 Å². The summed E-state index contributed by atoms with van der Waals surface area (Å²) in [4.78, 5) is 27.5. The summed E-state index contributed by atoms with van der Waals surface area (Å²) in [7, 11) is 1.43. The highest BCUT2D eigenvalue weighted by atomic mass is 19.4. The van der Waals surface area contributed by atoms with Crippen LogP contribution in [0.1, 0.15) is 16.1 Å². The zero-order valence-electron chi connectivity index (χ0n) is 16.8. The number of carbonyl (C=O) groups is 2. The van der Waals surface area contributed by atoms with Crippen molar-refractivity contribution in [3.63, 3.8) is 0 Å². The van der Waals surface area contributed by atoms with Crippen LogP contribution in [0.25, 0.3) is 0 Å². The van der Waals surface area contributed by atoms with E-state index in [1.54, 1.807) is 0 Å². The maximum absolute atomic E-state index is 14.4. The number of pyridine rings is 1. The summed E-state index contributed by atoms with van der Waals surface area (Å²) in [5, 5.41) is 6.38. The summed E-state index contributed by atoms with van der Waals surface area (Å²) in [6.07, 6.45) is -3.41. The second-order valence-electron chi connectivity index (χ2n) is 6.47. The fraction of sp³-hybridized carbons (Fsp3) is 0.0952. The molecule has 0 saturated carbocycles. The molecule has 0 spiro atoms. The Morgan fingerprint density at radius 3 is 2.24 bits per heavy atom. The molecule has 0 aliphatic rings. The van der Waals surface area contributed by atoms with Gasteiger partial charge in [-0.25, -0.2) is 13.6 Å². The molecule has 0 fully saturated rings. The first kappa shape index (κ1) is 23.4. The van der Waals surface area contributed by atoms with E-state index < -0.39 is 41.0 Å². The van der Waals surface area contributed by atoms with Gasteiger partial charge in [0.25, 0.3) is 5.91 Å². The number of rotatable bonds is 5. The van der Waals surface area contributed by atoms with Gasteiger partial charge in [0, 0.05) is 25.4 Å². The largest absolute Gasteiger partial charge is 0.457 e. The van der Waals surface area contributed by atoms with Crippen LogP contribution >= 0.6 is 0 Å². The Balaban J connectivity index is 1.70. The monoisotopic (exact) mass is 466 g/mol. The van der Waals surface area contributed by atoms with Crippen molar-refractivity contribution in [3.05, 3.63) is 77.6 Å². The Hall–Kier alpha value is -4.22. The Labute approximate surface area is 183 Å². The number of hydrogen-bond acceptors (Lipinski definition) is 4. The molecular weight excluding hydrogens is 451 g/mol. The van der Waals surface area contributed by atoms with Gasteiger partial charge in [-0.2, -0.15) is 13.2 Å². The second-order valence-corrected chi connectivity index (χ2v) is 6.47. The van der Waals surface area contributed by atoms with Crippen molar-refractivity contribution in [2.24, 2.45) is 0 Å². The lowest BCUT2D eigenvalue weighted by Crippen LogP contribution is -2.21. The molecular formula is C21H15F5N4O3. The smallest absolute Gasteiger partial charge is 0.416 e. The summed E-state index contributed by atoms with van der Waals surface area (Å²) < 4.78 is 72.0. The van der Waals surface area contributed by atoms with Gasteiger partial charge < -0.3 is 20.7 Å². The Bertz CT molecular complexity index is 1200. The predicted molar refractivity (Wildman–Crippen MR) is 108 cm³/mol. The SMILES string of the molecule is CNC(=O)c1cc(Oc2ccc(NC(=O)Nc3cc(C(F)(F)F)ccc3F)c(F)c2)ccn1. The average molecular weight is 466 g/mol. The molecule has 0 aliphatic heterocycles. The highest BCUT2D eigenvalue weighted by Gasteiger charge is 2.31. The third kappa shape index (κ3) is 5.93. The normalized spacial score (nSPS) is 11.0. The van der Waals surface area contributed by atoms with Crippen LogP contribution in [0.3, 0.4) is 0 Å². The van der Waals surface area contributed by atoms with E-state index >= 15 is 0 Å². The number of halogens is 5. The molecule has 0 saturated heterocycles. The van der Waals surface area contributed by atoms with E-state index in [2.05, 4.69) is 15.6 Å². The molecule has 0 unspecified atom stereocenters. The highest BCUT2D eigenvalue weighted by molar-refractivity contribution is 6.00. The summed E-state index contributed by atoms with van der Waals surface area (Å²) in [5.74, 6) is -2.27. The number of anilines is 2. The van der Waals surface area contributed by atoms with E-state index in [4.69, 9.17) is 4.74 Å². The first-order valence-electron chi connectivity index (χ1n) is 9.17. The molecule has 7 nitrogen and oxygen atoms in total. The lowest BCUT2D eigenvalue weighted by molar-refractivity contribution is -0.137. The standard InChI is InChI=1S/C21H15F5N4O3/c1-27-19(31)18-10-13(6-7-28-18)33-12-3-5-16(15(23)9-12)29-20(32)30-17-8-11(21(24,25)26)2-4-14(17)22/h2-10H,1H3,(H,27,31)(H2,29,30,32). The average Bonchev–Trinajstić information content (AvgIpc) is 2.76. The number of hydrogen-bond donors (Lipinski definition) is 3. The van der Waals surface area contributed by atoms with Crippen LogP contribution in [-0.2, 0) is 6.18 Å². The molecule has 3 N–H and O–H groups in total. The lowest BCUT2D eigenvalue weighted by atomic mass is 10.2. The molecule has 172 valence electrons. The van der Waals surface area contributed by atoms with E-state index in [0.717, 1.165) is 12.1 Å². The number of nitrogens with one attached hydrogen (secondary N) is 3. The number of urea groups is 1. The molecule has 1 aromatic heterocycles. The fourth-order valence-electron chi connectivity index (χ4n) is 2.60. The molecule has 3 aromatic rings. The number of ether oxygens (including phenoxy) is 1. The van der Waals surface area contributed by atoms with Gasteiger partial charge >= 0.3 is 12.2 Å². The number of aromatic nitrogens is 1. The van der Waals surface area contributed by atoms with Crippen LogP contribution in [0.4, 0.5) is 38.1 Å². The topological polar surface area (TPSA) is 92.4 Å². The highest BCUT2D eigenvalue weighted by Crippen LogP contribution is 2.32. The van der Waals surface area contributed by atoms with Crippen LogP contribution in [0.5, 0.6) is 11.5 Å². The van der Waals surface area contributed by atoms with Crippen molar-refractivity contribution in [2.75, 3.05) is 17.7 Å². The Morgan fingerprint density at radius 2 is 1.58 bits per heavy atom. The summed E-state index contributed by atoms with van der Waals surface area (Å²) in [6.45, 7) is 0. The van der Waals surface area contributed by atoms with Gasteiger partial charge in [0.1, 0.15) is 28.8 Å². The molecule has 0 radical (unpaired) electrons. The molecule has 0 atom stereocenters. The van der Waals surface area contributed by atoms with Crippen molar-refractivity contribution in [3.8, 4) is 11.5 Å². The van der Waals surface area contributed by atoms with E-state index in [-0.39, 0.29) is 22.9 Å². The van der Waals surface area contributed by atoms with E-state index in [0.29, 0.717) is 18.2 Å². The molecule has 3 amide bonds. The van der Waals surface area contributed by atoms with E-state index in [9.17, 15) is 31.5 Å². The Kier molecular flexibility index (Phi) is 6.75. The van der Waals surface area contributed by atoms with Gasteiger partial charge in [-0.3, -0.25) is 9.78 Å². The zero-order chi connectivity index (χ0) is 24.2. The van der Waals surface area contributed by atoms with Gasteiger partial charge in [-0.1, -0.05) is 0 Å². The van der Waals surface area contributed by atoms with Crippen LogP contribution in [-0.4, -0.2) is 24.0 Å². The summed E-state index contributed by atoms with van der Waals surface area (Å²) >= 11 is 0. The van der Waals surface area contributed by atoms with Crippen molar-refractivity contribution in [1.29, 1.82) is 0 Å². The molecule has 0 aliphatic carbocycles. The predicted octanol–water partition coefficient (Wildman–Crippen LogP) is 5.17. The summed E-state index contributed by atoms with van der Waals surface area (Å²) in [6, 6.07) is 6.47. The minimum atomic E-state index is -4.74. The van der Waals surface area contributed by atoms with Gasteiger partial charge in [0.15, 0.2) is 0 Å². The molecule has 3 rings (SSSR count). The first-order chi connectivity index (χ1) is 15.6. The quantitative estimate of drug-likeness (QED) is 0.452. The van der Waals surface area contributed by atoms with Crippen molar-refractivity contribution < 1.29 is 36.3 Å². The summed E-state index contributed by atoms with van der Waals surface area (Å²) in [5.41, 5.74) is -2.16. The van der Waals surface area contributed by atoms with Crippen LogP contribution in [0, 0.1) is 11.6 Å². The second kappa shape index (κ2) is 9.51. The third-order valence-corrected chi connectivity index (χ3v) is 4.16. The molecule has 33 heavy (non-hydrogen) atoms. The molecule has 0 bridgehead atoms. The molecule has 1 heterocycles. The van der Waals surface area contributed by atoms with Crippen molar-refractivity contribution in [2.45, 2.75) is 6.18 Å². The number of amides is 3. The van der Waals surface area contributed by atoms with Crippen LogP contribution < -0.4 is 20.7 Å². The maximum atomic E-state index is 14.4. The Morgan fingerprint density at radius 1 is 0.879 bits per heavy atom. The van der Waals surface area contributed by atoms with E-state index in [1.165, 1.54) is 31.4 Å². The van der Waals surface area contributed by atoms with Crippen molar-refractivity contribution in [1.82, 2.24) is 10.3 Å². The molecule has 12 heteroatoms. The van der Waals surface area contributed by atoms with Crippen molar-refractivity contribution >= 4 is 23.3 Å². The van der Waals surface area contributed by atoms with Gasteiger partial charge in [-0.15, -0.1) is 0 Å². The number of benzene rings is 2. The fourth-order valence-corrected chi connectivity index (χ4v) is 2.60. The zero-order valence-corrected chi connectivity index (χ0v) is 16.8. The minimum absolute atomic E-state index is 0.0245. The lowest BCUT2D eigenvalue weighted by Gasteiger charge is -2.13. The number of nitrogens with zero attached hydrogens (tertiary/aromatic N) is 1. The maximum Gasteiger partial charge on any atom is 0.416 e. The minimum Gasteiger partial charge on any atom is -0.457 e. The first-order valence-corrected chi connectivity index (χ1v) is 9.17.